The van der Waals surface area contributed by atoms with Crippen molar-refractivity contribution in [2.45, 2.75) is 6.61 Å². The molecule has 0 fully saturated rings. The second kappa shape index (κ2) is 7.14. The summed E-state index contributed by atoms with van der Waals surface area (Å²) in [6.45, 7) is -0.0441. The van der Waals surface area contributed by atoms with Crippen LogP contribution in [0.15, 0.2) is 57.7 Å². The van der Waals surface area contributed by atoms with E-state index in [9.17, 15) is 9.18 Å². The molecule has 0 aliphatic rings. The second-order valence-corrected chi connectivity index (χ2v) is 5.18. The number of hydrogen-bond donors (Lipinski definition) is 0. The number of aromatic nitrogens is 1. The third-order valence-electron chi connectivity index (χ3n) is 3.04. The standard InChI is InChI=1S/C17H11ClFNO4/c18-13-8-11(3-5-14(13)19)4-6-17(21)23-10-12-9-16(24-20-12)15-2-1-7-22-15/h1-9H,10H2/b6-4+. The molecule has 0 aliphatic heterocycles. The maximum Gasteiger partial charge on any atom is 0.331 e. The Morgan fingerprint density at radius 1 is 1.29 bits per heavy atom. The van der Waals surface area contributed by atoms with E-state index in [1.54, 1.807) is 18.2 Å². The van der Waals surface area contributed by atoms with Crippen LogP contribution in [0.3, 0.4) is 0 Å². The first-order chi connectivity index (χ1) is 11.6. The predicted octanol–water partition coefficient (Wildman–Crippen LogP) is 4.48. The molecule has 1 aromatic carbocycles. The molecule has 122 valence electrons. The van der Waals surface area contributed by atoms with E-state index in [1.165, 1.54) is 36.6 Å². The van der Waals surface area contributed by atoms with Gasteiger partial charge in [0.2, 0.25) is 5.76 Å². The van der Waals surface area contributed by atoms with Gasteiger partial charge < -0.3 is 13.7 Å². The van der Waals surface area contributed by atoms with Crippen LogP contribution < -0.4 is 0 Å². The van der Waals surface area contributed by atoms with Crippen molar-refractivity contribution in [3.63, 3.8) is 0 Å². The number of ether oxygens (including phenoxy) is 1. The van der Waals surface area contributed by atoms with Gasteiger partial charge in [0.1, 0.15) is 18.1 Å². The lowest BCUT2D eigenvalue weighted by molar-refractivity contribution is -0.139. The molecule has 7 heteroatoms. The smallest absolute Gasteiger partial charge is 0.331 e. The van der Waals surface area contributed by atoms with Crippen LogP contribution >= 0.6 is 11.6 Å². The summed E-state index contributed by atoms with van der Waals surface area (Å²) in [4.78, 5) is 11.7. The number of benzene rings is 1. The van der Waals surface area contributed by atoms with Crippen LogP contribution in [0.2, 0.25) is 5.02 Å². The summed E-state index contributed by atoms with van der Waals surface area (Å²) in [5.41, 5.74) is 1.04. The summed E-state index contributed by atoms with van der Waals surface area (Å²) >= 11 is 5.66. The number of esters is 1. The topological polar surface area (TPSA) is 65.5 Å². The summed E-state index contributed by atoms with van der Waals surface area (Å²) in [7, 11) is 0. The average molecular weight is 348 g/mol. The molecule has 0 N–H and O–H groups in total. The maximum absolute atomic E-state index is 13.0. The van der Waals surface area contributed by atoms with Gasteiger partial charge in [0.25, 0.3) is 0 Å². The van der Waals surface area contributed by atoms with E-state index < -0.39 is 11.8 Å². The van der Waals surface area contributed by atoms with Crippen LogP contribution in [-0.4, -0.2) is 11.1 Å². The number of furan rings is 1. The molecule has 3 rings (SSSR count). The molecule has 5 nitrogen and oxygen atoms in total. The average Bonchev–Trinajstić information content (AvgIpc) is 3.25. The molecular weight excluding hydrogens is 337 g/mol. The quantitative estimate of drug-likeness (QED) is 0.502. The van der Waals surface area contributed by atoms with Gasteiger partial charge in [-0.05, 0) is 35.9 Å². The molecule has 24 heavy (non-hydrogen) atoms. The number of carbonyl (C=O) groups is 1. The minimum Gasteiger partial charge on any atom is -0.461 e. The Kier molecular flexibility index (Phi) is 4.77. The summed E-state index contributed by atoms with van der Waals surface area (Å²) < 4.78 is 28.4. The maximum atomic E-state index is 13.0. The van der Waals surface area contributed by atoms with Gasteiger partial charge >= 0.3 is 5.97 Å². The van der Waals surface area contributed by atoms with Crippen molar-refractivity contribution in [1.29, 1.82) is 0 Å². The highest BCUT2D eigenvalue weighted by molar-refractivity contribution is 6.30. The van der Waals surface area contributed by atoms with Crippen molar-refractivity contribution < 1.29 is 22.9 Å². The molecule has 2 aromatic heterocycles. The Hall–Kier alpha value is -2.86. The molecular formula is C17H11ClFNO4. The van der Waals surface area contributed by atoms with E-state index in [2.05, 4.69) is 5.16 Å². The fourth-order valence-corrected chi connectivity index (χ4v) is 2.08. The van der Waals surface area contributed by atoms with E-state index in [-0.39, 0.29) is 11.6 Å². The number of hydrogen-bond acceptors (Lipinski definition) is 5. The molecule has 0 saturated heterocycles. The molecule has 0 amide bonds. The normalized spacial score (nSPS) is 11.1. The number of carbonyl (C=O) groups excluding carboxylic acids is 1. The summed E-state index contributed by atoms with van der Waals surface area (Å²) in [5.74, 6) is -0.108. The third-order valence-corrected chi connectivity index (χ3v) is 3.33. The fraction of sp³-hybridized carbons (Fsp3) is 0.0588. The van der Waals surface area contributed by atoms with Gasteiger partial charge in [0.15, 0.2) is 5.76 Å². The highest BCUT2D eigenvalue weighted by Gasteiger charge is 2.10. The highest BCUT2D eigenvalue weighted by Crippen LogP contribution is 2.21. The van der Waals surface area contributed by atoms with Gasteiger partial charge in [-0.1, -0.05) is 22.8 Å². The van der Waals surface area contributed by atoms with Crippen LogP contribution in [0.1, 0.15) is 11.3 Å². The van der Waals surface area contributed by atoms with Gasteiger partial charge in [-0.3, -0.25) is 0 Å². The van der Waals surface area contributed by atoms with Crippen molar-refractivity contribution in [2.75, 3.05) is 0 Å². The largest absolute Gasteiger partial charge is 0.461 e. The minimum atomic E-state index is -0.571. The molecule has 0 unspecified atom stereocenters. The molecule has 0 aliphatic carbocycles. The lowest BCUT2D eigenvalue weighted by Crippen LogP contribution is -2.00. The van der Waals surface area contributed by atoms with Crippen LogP contribution in [-0.2, 0) is 16.1 Å². The first-order valence-electron chi connectivity index (χ1n) is 6.91. The van der Waals surface area contributed by atoms with Crippen LogP contribution in [0.5, 0.6) is 0 Å². The third kappa shape index (κ3) is 3.91. The zero-order valence-corrected chi connectivity index (χ0v) is 13.0. The summed E-state index contributed by atoms with van der Waals surface area (Å²) in [6, 6.07) is 9.21. The van der Waals surface area contributed by atoms with E-state index in [0.717, 1.165) is 0 Å². The van der Waals surface area contributed by atoms with Crippen LogP contribution in [0, 0.1) is 5.82 Å². The number of nitrogens with zero attached hydrogens (tertiary/aromatic N) is 1. The zero-order valence-electron chi connectivity index (χ0n) is 12.2. The van der Waals surface area contributed by atoms with Crippen molar-refractivity contribution in [1.82, 2.24) is 5.16 Å². The lowest BCUT2D eigenvalue weighted by atomic mass is 10.2. The van der Waals surface area contributed by atoms with Gasteiger partial charge in [-0.2, -0.15) is 0 Å². The van der Waals surface area contributed by atoms with Crippen LogP contribution in [0.4, 0.5) is 4.39 Å². The van der Waals surface area contributed by atoms with Crippen molar-refractivity contribution in [3.8, 4) is 11.5 Å². The fourth-order valence-electron chi connectivity index (χ4n) is 1.89. The molecule has 0 radical (unpaired) electrons. The summed E-state index contributed by atoms with van der Waals surface area (Å²) in [5, 5.41) is 3.77. The number of rotatable bonds is 5. The van der Waals surface area contributed by atoms with E-state index in [1.807, 2.05) is 0 Å². The molecule has 0 saturated carbocycles. The zero-order chi connectivity index (χ0) is 16.9. The van der Waals surface area contributed by atoms with E-state index >= 15 is 0 Å². The summed E-state index contributed by atoms with van der Waals surface area (Å²) in [6.07, 6.45) is 4.21. The first-order valence-corrected chi connectivity index (χ1v) is 7.29. The lowest BCUT2D eigenvalue weighted by Gasteiger charge is -1.98. The molecule has 0 atom stereocenters. The molecule has 0 bridgehead atoms. The van der Waals surface area contributed by atoms with E-state index in [0.29, 0.717) is 22.8 Å². The Bertz CT molecular complexity index is 871. The Labute approximate surface area is 141 Å². The van der Waals surface area contributed by atoms with Crippen molar-refractivity contribution >= 4 is 23.6 Å². The van der Waals surface area contributed by atoms with Crippen LogP contribution in [0.25, 0.3) is 17.6 Å². The van der Waals surface area contributed by atoms with E-state index in [4.69, 9.17) is 25.3 Å². The van der Waals surface area contributed by atoms with Gasteiger partial charge in [-0.15, -0.1) is 0 Å². The monoisotopic (exact) mass is 347 g/mol. The predicted molar refractivity (Wildman–Crippen MR) is 84.4 cm³/mol. The Morgan fingerprint density at radius 2 is 2.17 bits per heavy atom. The number of halogens is 2. The SMILES string of the molecule is O=C(/C=C/c1ccc(F)c(Cl)c1)OCc1cc(-c2ccco2)on1. The molecule has 2 heterocycles. The Morgan fingerprint density at radius 3 is 2.92 bits per heavy atom. The van der Waals surface area contributed by atoms with Crippen molar-refractivity contribution in [2.24, 2.45) is 0 Å². The highest BCUT2D eigenvalue weighted by atomic mass is 35.5. The molecule has 3 aromatic rings. The van der Waals surface area contributed by atoms with Crippen molar-refractivity contribution in [3.05, 3.63) is 70.8 Å². The van der Waals surface area contributed by atoms with Gasteiger partial charge in [0, 0.05) is 12.1 Å². The van der Waals surface area contributed by atoms with Gasteiger partial charge in [-0.25, -0.2) is 9.18 Å². The first kappa shape index (κ1) is 16.0. The Balaban J connectivity index is 1.55. The molecule has 0 spiro atoms. The van der Waals surface area contributed by atoms with Gasteiger partial charge in [0.05, 0.1) is 11.3 Å². The second-order valence-electron chi connectivity index (χ2n) is 4.77. The minimum absolute atomic E-state index is 0.0152.